The molecule has 1 aromatic carbocycles. The summed E-state index contributed by atoms with van der Waals surface area (Å²) in [5.41, 5.74) is 7.29. The second kappa shape index (κ2) is 3.69. The van der Waals surface area contributed by atoms with Crippen LogP contribution in [0.15, 0.2) is 30.3 Å². The molecular formula is C11H11N3O2. The summed E-state index contributed by atoms with van der Waals surface area (Å²) in [5, 5.41) is 13.1. The van der Waals surface area contributed by atoms with Gasteiger partial charge < -0.3 is 10.8 Å². The Bertz CT molecular complexity index is 532. The zero-order valence-electron chi connectivity index (χ0n) is 8.71. The number of aromatic carboxylic acids is 1. The van der Waals surface area contributed by atoms with Crippen LogP contribution in [0.2, 0.25) is 0 Å². The van der Waals surface area contributed by atoms with Gasteiger partial charge in [0.25, 0.3) is 0 Å². The Labute approximate surface area is 92.1 Å². The minimum Gasteiger partial charge on any atom is -0.476 e. The number of carbonyl (C=O) groups is 1. The number of nitrogen functional groups attached to an aromatic ring is 1. The molecule has 0 radical (unpaired) electrons. The van der Waals surface area contributed by atoms with Gasteiger partial charge in [-0.1, -0.05) is 30.3 Å². The Balaban J connectivity index is 2.61. The second-order valence-electron chi connectivity index (χ2n) is 3.41. The van der Waals surface area contributed by atoms with Gasteiger partial charge in [-0.15, -0.1) is 0 Å². The van der Waals surface area contributed by atoms with Gasteiger partial charge in [0.05, 0.1) is 5.69 Å². The highest BCUT2D eigenvalue weighted by Gasteiger charge is 2.19. The lowest BCUT2D eigenvalue weighted by Crippen LogP contribution is -2.07. The fourth-order valence-corrected chi connectivity index (χ4v) is 1.60. The van der Waals surface area contributed by atoms with Crippen LogP contribution in [0.1, 0.15) is 10.5 Å². The summed E-state index contributed by atoms with van der Waals surface area (Å²) >= 11 is 0. The summed E-state index contributed by atoms with van der Waals surface area (Å²) in [6, 6.07) is 9.25. The maximum atomic E-state index is 10.9. The van der Waals surface area contributed by atoms with Gasteiger partial charge in [0.2, 0.25) is 0 Å². The third-order valence-electron chi connectivity index (χ3n) is 2.33. The van der Waals surface area contributed by atoms with E-state index >= 15 is 0 Å². The molecule has 3 N–H and O–H groups in total. The summed E-state index contributed by atoms with van der Waals surface area (Å²) in [4.78, 5) is 10.9. The predicted octanol–water partition coefficient (Wildman–Crippen LogP) is 1.37. The first-order valence-electron chi connectivity index (χ1n) is 4.72. The van der Waals surface area contributed by atoms with Gasteiger partial charge in [0, 0.05) is 12.6 Å². The Morgan fingerprint density at radius 2 is 2.00 bits per heavy atom. The summed E-state index contributed by atoms with van der Waals surface area (Å²) in [7, 11) is 1.56. The Kier molecular flexibility index (Phi) is 2.36. The maximum Gasteiger partial charge on any atom is 0.356 e. The van der Waals surface area contributed by atoms with E-state index in [9.17, 15) is 4.79 Å². The van der Waals surface area contributed by atoms with Crippen LogP contribution in [0.3, 0.4) is 0 Å². The number of hydrogen-bond acceptors (Lipinski definition) is 3. The average Bonchev–Trinajstić information content (AvgIpc) is 2.55. The number of nitrogens with zero attached hydrogens (tertiary/aromatic N) is 2. The summed E-state index contributed by atoms with van der Waals surface area (Å²) < 4.78 is 1.28. The number of hydrogen-bond donors (Lipinski definition) is 2. The van der Waals surface area contributed by atoms with E-state index in [4.69, 9.17) is 10.8 Å². The standard InChI is InChI=1S/C11H11N3O2/c1-14-10(11(15)16)8(12)9(13-14)7-5-3-2-4-6-7/h2-6H,12H2,1H3,(H,15,16). The first-order chi connectivity index (χ1) is 7.61. The van der Waals surface area contributed by atoms with Gasteiger partial charge in [0.1, 0.15) is 5.69 Å². The molecule has 0 aliphatic rings. The fraction of sp³-hybridized carbons (Fsp3) is 0.0909. The minimum atomic E-state index is -1.07. The second-order valence-corrected chi connectivity index (χ2v) is 3.41. The van der Waals surface area contributed by atoms with Gasteiger partial charge in [-0.25, -0.2) is 4.79 Å². The lowest BCUT2D eigenvalue weighted by molar-refractivity contribution is 0.0686. The molecule has 0 aliphatic carbocycles. The Morgan fingerprint density at radius 1 is 1.38 bits per heavy atom. The van der Waals surface area contributed by atoms with Gasteiger partial charge in [-0.05, 0) is 0 Å². The largest absolute Gasteiger partial charge is 0.476 e. The number of carboxylic acid groups (broad SMARTS) is 1. The molecule has 0 saturated carbocycles. The molecule has 0 amide bonds. The molecule has 0 unspecified atom stereocenters. The molecule has 0 spiro atoms. The zero-order chi connectivity index (χ0) is 11.7. The maximum absolute atomic E-state index is 10.9. The number of nitrogens with two attached hydrogens (primary N) is 1. The van der Waals surface area contributed by atoms with E-state index < -0.39 is 5.97 Å². The molecule has 0 saturated heterocycles. The summed E-state index contributed by atoms with van der Waals surface area (Å²) in [6.07, 6.45) is 0. The number of rotatable bonds is 2. The SMILES string of the molecule is Cn1nc(-c2ccccc2)c(N)c1C(=O)O. The average molecular weight is 217 g/mol. The molecular weight excluding hydrogens is 206 g/mol. The smallest absolute Gasteiger partial charge is 0.356 e. The lowest BCUT2D eigenvalue weighted by atomic mass is 10.1. The highest BCUT2D eigenvalue weighted by molar-refractivity contribution is 5.95. The molecule has 2 rings (SSSR count). The molecule has 5 nitrogen and oxygen atoms in total. The number of carboxylic acids is 1. The van der Waals surface area contributed by atoms with E-state index in [-0.39, 0.29) is 11.4 Å². The molecule has 5 heteroatoms. The lowest BCUT2D eigenvalue weighted by Gasteiger charge is -1.97. The monoisotopic (exact) mass is 217 g/mol. The van der Waals surface area contributed by atoms with Crippen LogP contribution in [-0.4, -0.2) is 20.9 Å². The fourth-order valence-electron chi connectivity index (χ4n) is 1.60. The number of anilines is 1. The van der Waals surface area contributed by atoms with Crippen molar-refractivity contribution in [3.05, 3.63) is 36.0 Å². The summed E-state index contributed by atoms with van der Waals surface area (Å²) in [5.74, 6) is -1.07. The topological polar surface area (TPSA) is 81.1 Å². The quantitative estimate of drug-likeness (QED) is 0.796. The van der Waals surface area contributed by atoms with Crippen molar-refractivity contribution in [1.82, 2.24) is 9.78 Å². The Hall–Kier alpha value is -2.30. The Morgan fingerprint density at radius 3 is 2.50 bits per heavy atom. The van der Waals surface area contributed by atoms with Crippen molar-refractivity contribution in [2.24, 2.45) is 7.05 Å². The molecule has 82 valence electrons. The first-order valence-corrected chi connectivity index (χ1v) is 4.72. The van der Waals surface area contributed by atoms with Crippen LogP contribution < -0.4 is 5.73 Å². The van der Waals surface area contributed by atoms with Crippen LogP contribution in [0.5, 0.6) is 0 Å². The van der Waals surface area contributed by atoms with Crippen LogP contribution in [0, 0.1) is 0 Å². The van der Waals surface area contributed by atoms with Crippen molar-refractivity contribution >= 4 is 11.7 Å². The van der Waals surface area contributed by atoms with E-state index in [2.05, 4.69) is 5.10 Å². The molecule has 16 heavy (non-hydrogen) atoms. The molecule has 2 aromatic rings. The van der Waals surface area contributed by atoms with E-state index in [1.807, 2.05) is 30.3 Å². The first kappa shape index (κ1) is 10.2. The van der Waals surface area contributed by atoms with E-state index in [1.54, 1.807) is 7.05 Å². The third kappa shape index (κ3) is 1.52. The minimum absolute atomic E-state index is 0.0128. The molecule has 0 aliphatic heterocycles. The van der Waals surface area contributed by atoms with Crippen molar-refractivity contribution in [2.75, 3.05) is 5.73 Å². The normalized spacial score (nSPS) is 10.3. The van der Waals surface area contributed by atoms with Gasteiger partial charge in [-0.3, -0.25) is 4.68 Å². The highest BCUT2D eigenvalue weighted by Crippen LogP contribution is 2.26. The molecule has 0 atom stereocenters. The van der Waals surface area contributed by atoms with E-state index in [0.29, 0.717) is 5.69 Å². The van der Waals surface area contributed by atoms with Crippen LogP contribution in [0.25, 0.3) is 11.3 Å². The van der Waals surface area contributed by atoms with Crippen molar-refractivity contribution in [3.8, 4) is 11.3 Å². The third-order valence-corrected chi connectivity index (χ3v) is 2.33. The number of benzene rings is 1. The van der Waals surface area contributed by atoms with Crippen molar-refractivity contribution < 1.29 is 9.90 Å². The molecule has 1 heterocycles. The number of aromatic nitrogens is 2. The van der Waals surface area contributed by atoms with Gasteiger partial charge in [-0.2, -0.15) is 5.10 Å². The zero-order valence-corrected chi connectivity index (χ0v) is 8.71. The number of aryl methyl sites for hydroxylation is 1. The molecule has 0 bridgehead atoms. The van der Waals surface area contributed by atoms with Crippen molar-refractivity contribution in [1.29, 1.82) is 0 Å². The van der Waals surface area contributed by atoms with E-state index in [0.717, 1.165) is 5.56 Å². The predicted molar refractivity (Wildman–Crippen MR) is 60.0 cm³/mol. The van der Waals surface area contributed by atoms with Crippen LogP contribution in [-0.2, 0) is 7.05 Å². The highest BCUT2D eigenvalue weighted by atomic mass is 16.4. The van der Waals surface area contributed by atoms with Crippen LogP contribution in [0.4, 0.5) is 5.69 Å². The van der Waals surface area contributed by atoms with Crippen molar-refractivity contribution in [3.63, 3.8) is 0 Å². The molecule has 1 aromatic heterocycles. The molecule has 0 fully saturated rings. The van der Waals surface area contributed by atoms with Gasteiger partial charge >= 0.3 is 5.97 Å². The van der Waals surface area contributed by atoms with Crippen LogP contribution >= 0.6 is 0 Å². The summed E-state index contributed by atoms with van der Waals surface area (Å²) in [6.45, 7) is 0. The van der Waals surface area contributed by atoms with Gasteiger partial charge in [0.15, 0.2) is 5.69 Å². The van der Waals surface area contributed by atoms with Crippen molar-refractivity contribution in [2.45, 2.75) is 0 Å². The van der Waals surface area contributed by atoms with E-state index in [1.165, 1.54) is 4.68 Å².